The summed E-state index contributed by atoms with van der Waals surface area (Å²) in [7, 11) is 0. The van der Waals surface area contributed by atoms with E-state index in [-0.39, 0.29) is 12.2 Å². The number of piperidine rings is 1. The highest BCUT2D eigenvalue weighted by atomic mass is 16.6. The Morgan fingerprint density at radius 2 is 2.00 bits per heavy atom. The van der Waals surface area contributed by atoms with E-state index in [0.29, 0.717) is 19.2 Å². The van der Waals surface area contributed by atoms with Crippen molar-refractivity contribution in [2.24, 2.45) is 0 Å². The summed E-state index contributed by atoms with van der Waals surface area (Å²) in [5.74, 6) is 0. The summed E-state index contributed by atoms with van der Waals surface area (Å²) in [6.07, 6.45) is 1.67. The molecule has 1 amide bonds. The van der Waals surface area contributed by atoms with Gasteiger partial charge in [0.15, 0.2) is 0 Å². The van der Waals surface area contributed by atoms with Gasteiger partial charge in [0.1, 0.15) is 6.61 Å². The van der Waals surface area contributed by atoms with Gasteiger partial charge in [-0.25, -0.2) is 4.79 Å². The first-order chi connectivity index (χ1) is 10.2. The lowest BCUT2D eigenvalue weighted by molar-refractivity contribution is -0.0420. The lowest BCUT2D eigenvalue weighted by Crippen LogP contribution is -2.60. The van der Waals surface area contributed by atoms with Crippen molar-refractivity contribution in [3.8, 4) is 0 Å². The summed E-state index contributed by atoms with van der Waals surface area (Å²) in [4.78, 5) is 16.2. The molecule has 0 saturated carbocycles. The fraction of sp³-hybridized carbons (Fsp3) is 0.562. The molecule has 1 aromatic rings. The van der Waals surface area contributed by atoms with Crippen molar-refractivity contribution in [1.29, 1.82) is 0 Å². The van der Waals surface area contributed by atoms with Crippen LogP contribution in [0.1, 0.15) is 18.4 Å². The van der Waals surface area contributed by atoms with Crippen LogP contribution in [-0.2, 0) is 11.3 Å². The normalized spacial score (nSPS) is 23.7. The van der Waals surface area contributed by atoms with Gasteiger partial charge in [-0.1, -0.05) is 30.3 Å². The summed E-state index contributed by atoms with van der Waals surface area (Å²) in [6, 6.07) is 10.1. The maximum atomic E-state index is 12.1. The van der Waals surface area contributed by atoms with Crippen LogP contribution in [0.25, 0.3) is 0 Å². The van der Waals surface area contributed by atoms with E-state index >= 15 is 0 Å². The molecule has 1 N–H and O–H groups in total. The molecule has 0 aromatic heterocycles. The van der Waals surface area contributed by atoms with Crippen molar-refractivity contribution in [3.63, 3.8) is 0 Å². The second kappa shape index (κ2) is 6.45. The Bertz CT molecular complexity index is 474. The number of carbonyl (C=O) groups is 1. The first-order valence-corrected chi connectivity index (χ1v) is 7.60. The molecule has 0 bridgehead atoms. The van der Waals surface area contributed by atoms with Gasteiger partial charge in [0, 0.05) is 32.2 Å². The van der Waals surface area contributed by atoms with Crippen LogP contribution in [0.2, 0.25) is 0 Å². The zero-order chi connectivity index (χ0) is 14.7. The molecule has 1 aromatic carbocycles. The number of aliphatic hydroxyl groups excluding tert-OH is 1. The average Bonchev–Trinajstić information content (AvgIpc) is 2.50. The van der Waals surface area contributed by atoms with Crippen molar-refractivity contribution < 1.29 is 14.6 Å². The molecule has 0 aliphatic carbocycles. The number of carbonyl (C=O) groups excluding carboxylic acids is 1. The minimum absolute atomic E-state index is 0.189. The summed E-state index contributed by atoms with van der Waals surface area (Å²) < 4.78 is 5.39. The van der Waals surface area contributed by atoms with Crippen LogP contribution in [0.3, 0.4) is 0 Å². The zero-order valence-corrected chi connectivity index (χ0v) is 12.1. The third-order valence-electron chi connectivity index (χ3n) is 4.27. The molecule has 2 aliphatic heterocycles. The molecule has 0 spiro atoms. The van der Waals surface area contributed by atoms with Crippen molar-refractivity contribution in [1.82, 2.24) is 9.80 Å². The number of rotatable bonds is 3. The Balaban J connectivity index is 1.48. The predicted octanol–water partition coefficient (Wildman–Crippen LogP) is 1.46. The average molecular weight is 290 g/mol. The molecular weight excluding hydrogens is 268 g/mol. The maximum Gasteiger partial charge on any atom is 0.410 e. The van der Waals surface area contributed by atoms with Crippen LogP contribution in [0.15, 0.2) is 30.3 Å². The molecule has 0 unspecified atom stereocenters. The topological polar surface area (TPSA) is 53.0 Å². The van der Waals surface area contributed by atoms with Crippen LogP contribution in [0.5, 0.6) is 0 Å². The van der Waals surface area contributed by atoms with Crippen molar-refractivity contribution in [3.05, 3.63) is 35.9 Å². The molecule has 2 saturated heterocycles. The highest BCUT2D eigenvalue weighted by molar-refractivity contribution is 5.67. The zero-order valence-electron chi connectivity index (χ0n) is 12.1. The maximum absolute atomic E-state index is 12.1. The smallest absolute Gasteiger partial charge is 0.410 e. The van der Waals surface area contributed by atoms with Gasteiger partial charge in [0.2, 0.25) is 0 Å². The Morgan fingerprint density at radius 1 is 1.24 bits per heavy atom. The monoisotopic (exact) mass is 290 g/mol. The highest BCUT2D eigenvalue weighted by Gasteiger charge is 2.34. The number of benzene rings is 1. The first-order valence-electron chi connectivity index (χ1n) is 7.60. The summed E-state index contributed by atoms with van der Waals surface area (Å²) in [6.45, 7) is 3.26. The lowest BCUT2D eigenvalue weighted by atomic mass is 10.00. The minimum Gasteiger partial charge on any atom is -0.445 e. The van der Waals surface area contributed by atoms with E-state index in [1.165, 1.54) is 0 Å². The minimum atomic E-state index is -0.232. The van der Waals surface area contributed by atoms with Crippen LogP contribution in [0.4, 0.5) is 4.79 Å². The van der Waals surface area contributed by atoms with Crippen LogP contribution < -0.4 is 0 Å². The number of ether oxygens (including phenoxy) is 1. The third kappa shape index (κ3) is 3.54. The van der Waals surface area contributed by atoms with Gasteiger partial charge in [-0.2, -0.15) is 0 Å². The summed E-state index contributed by atoms with van der Waals surface area (Å²) in [5, 5.41) is 9.39. The molecular formula is C16H22N2O3. The molecule has 21 heavy (non-hydrogen) atoms. The van der Waals surface area contributed by atoms with Gasteiger partial charge < -0.3 is 14.7 Å². The Kier molecular flexibility index (Phi) is 4.41. The van der Waals surface area contributed by atoms with Crippen molar-refractivity contribution >= 4 is 6.09 Å². The van der Waals surface area contributed by atoms with Gasteiger partial charge in [-0.15, -0.1) is 0 Å². The fourth-order valence-electron chi connectivity index (χ4n) is 3.02. The number of hydrogen-bond donors (Lipinski definition) is 1. The molecule has 114 valence electrons. The van der Waals surface area contributed by atoms with Crippen LogP contribution in [0, 0.1) is 0 Å². The molecule has 3 rings (SSSR count). The quantitative estimate of drug-likeness (QED) is 0.916. The van der Waals surface area contributed by atoms with Crippen molar-refractivity contribution in [2.75, 3.05) is 26.2 Å². The molecule has 2 heterocycles. The molecule has 1 atom stereocenters. The van der Waals surface area contributed by atoms with Crippen LogP contribution >= 0.6 is 0 Å². The molecule has 0 radical (unpaired) electrons. The van der Waals surface area contributed by atoms with Gasteiger partial charge in [0.05, 0.1) is 6.10 Å². The van der Waals surface area contributed by atoms with Crippen molar-refractivity contribution in [2.45, 2.75) is 31.6 Å². The Morgan fingerprint density at radius 3 is 2.71 bits per heavy atom. The van der Waals surface area contributed by atoms with Gasteiger partial charge in [-0.05, 0) is 18.4 Å². The predicted molar refractivity (Wildman–Crippen MR) is 78.8 cm³/mol. The van der Waals surface area contributed by atoms with Gasteiger partial charge in [0.25, 0.3) is 0 Å². The Hall–Kier alpha value is -1.59. The number of likely N-dealkylation sites (tertiary alicyclic amines) is 2. The van der Waals surface area contributed by atoms with Gasteiger partial charge in [-0.3, -0.25) is 4.90 Å². The van der Waals surface area contributed by atoms with E-state index in [2.05, 4.69) is 4.90 Å². The fourth-order valence-corrected chi connectivity index (χ4v) is 3.02. The molecule has 2 aliphatic rings. The second-order valence-electron chi connectivity index (χ2n) is 5.89. The van der Waals surface area contributed by atoms with Crippen LogP contribution in [-0.4, -0.2) is 59.3 Å². The Labute approximate surface area is 125 Å². The second-order valence-corrected chi connectivity index (χ2v) is 5.89. The van der Waals surface area contributed by atoms with E-state index < -0.39 is 0 Å². The largest absolute Gasteiger partial charge is 0.445 e. The number of hydrogen-bond acceptors (Lipinski definition) is 4. The number of amides is 1. The number of aliphatic hydroxyl groups is 1. The highest BCUT2D eigenvalue weighted by Crippen LogP contribution is 2.21. The van der Waals surface area contributed by atoms with E-state index in [9.17, 15) is 9.90 Å². The van der Waals surface area contributed by atoms with E-state index in [1.54, 1.807) is 4.90 Å². The number of β-amino-alcohol motifs (C(OH)–C–C–N with tert-alkyl or cyclic N) is 1. The first kappa shape index (κ1) is 14.4. The molecule has 5 heteroatoms. The van der Waals surface area contributed by atoms with E-state index in [0.717, 1.165) is 38.0 Å². The van der Waals surface area contributed by atoms with E-state index in [1.807, 2.05) is 30.3 Å². The summed E-state index contributed by atoms with van der Waals surface area (Å²) in [5.41, 5.74) is 1.00. The third-order valence-corrected chi connectivity index (χ3v) is 4.27. The molecule has 2 fully saturated rings. The standard InChI is InChI=1S/C16H22N2O3/c19-15-10-18(11-15)14-7-4-8-17(9-14)16(20)21-12-13-5-2-1-3-6-13/h1-3,5-6,14-15,19H,4,7-12H2/t14-/m1/s1. The van der Waals surface area contributed by atoms with E-state index in [4.69, 9.17) is 4.74 Å². The number of nitrogens with zero attached hydrogens (tertiary/aromatic N) is 2. The molecule has 5 nitrogen and oxygen atoms in total. The SMILES string of the molecule is O=C(OCc1ccccc1)N1CCC[C@@H](N2CC(O)C2)C1. The van der Waals surface area contributed by atoms with Gasteiger partial charge >= 0.3 is 6.09 Å². The summed E-state index contributed by atoms with van der Waals surface area (Å²) >= 11 is 0. The lowest BCUT2D eigenvalue weighted by Gasteiger charge is -2.45.